The van der Waals surface area contributed by atoms with Gasteiger partial charge in [0.15, 0.2) is 5.82 Å². The second-order valence-corrected chi connectivity index (χ2v) is 5.65. The maximum atomic E-state index is 13.6. The third-order valence-corrected chi connectivity index (χ3v) is 3.15. The normalized spacial score (nSPS) is 12.7. The summed E-state index contributed by atoms with van der Waals surface area (Å²) in [5.41, 5.74) is 0.288. The van der Waals surface area contributed by atoms with Gasteiger partial charge in [0.25, 0.3) is 0 Å². The van der Waals surface area contributed by atoms with Crippen LogP contribution < -0.4 is 5.32 Å². The van der Waals surface area contributed by atoms with Crippen molar-refractivity contribution >= 4 is 17.3 Å². The Bertz CT molecular complexity index is 401. The summed E-state index contributed by atoms with van der Waals surface area (Å²) in [5.74, 6) is 0.162. The second-order valence-electron chi connectivity index (χ2n) is 5.25. The molecule has 5 heteroatoms. The van der Waals surface area contributed by atoms with E-state index in [-0.39, 0.29) is 23.9 Å². The molecular weight excluding hydrogens is 281 g/mol. The van der Waals surface area contributed by atoms with Crippen molar-refractivity contribution in [3.8, 4) is 0 Å². The number of ether oxygens (including phenoxy) is 1. The monoisotopic (exact) mass is 303 g/mol. The molecule has 1 aromatic carbocycles. The minimum Gasteiger partial charge on any atom is -0.389 e. The summed E-state index contributed by atoms with van der Waals surface area (Å²) >= 11 is 5.67. The summed E-state index contributed by atoms with van der Waals surface area (Å²) < 4.78 is 19.0. The Kier molecular flexibility index (Phi) is 7.88. The first kappa shape index (κ1) is 17.2. The van der Waals surface area contributed by atoms with E-state index in [4.69, 9.17) is 16.3 Å². The number of nitrogens with one attached hydrogen (secondary N) is 1. The smallest absolute Gasteiger partial charge is 0.164 e. The molecule has 3 nitrogen and oxygen atoms in total. The van der Waals surface area contributed by atoms with Crippen LogP contribution in [0.4, 0.5) is 10.1 Å². The first-order valence-corrected chi connectivity index (χ1v) is 7.32. The van der Waals surface area contributed by atoms with Crippen molar-refractivity contribution in [3.05, 3.63) is 29.0 Å². The molecule has 0 amide bonds. The largest absolute Gasteiger partial charge is 0.389 e. The molecule has 0 aromatic heterocycles. The van der Waals surface area contributed by atoms with Crippen LogP contribution in [-0.4, -0.2) is 31.0 Å². The van der Waals surface area contributed by atoms with E-state index in [1.54, 1.807) is 12.1 Å². The second kappa shape index (κ2) is 9.16. The maximum absolute atomic E-state index is 13.6. The lowest BCUT2D eigenvalue weighted by atomic mass is 10.1. The molecule has 0 aliphatic carbocycles. The van der Waals surface area contributed by atoms with Crippen LogP contribution in [0.15, 0.2) is 18.2 Å². The zero-order chi connectivity index (χ0) is 15.0. The minimum absolute atomic E-state index is 0.0643. The highest BCUT2D eigenvalue weighted by molar-refractivity contribution is 6.31. The van der Waals surface area contributed by atoms with E-state index in [0.29, 0.717) is 12.5 Å². The van der Waals surface area contributed by atoms with E-state index in [2.05, 4.69) is 19.2 Å². The molecule has 0 aliphatic heterocycles. The highest BCUT2D eigenvalue weighted by Gasteiger charge is 2.08. The standard InChI is InChI=1S/C15H23ClFNO2/c1-11(2)5-4-8-20-10-12(19)9-18-14-7-3-6-13(16)15(14)17/h3,6-7,11-12,18-19H,4-5,8-10H2,1-2H3. The van der Waals surface area contributed by atoms with Gasteiger partial charge in [0.05, 0.1) is 23.4 Å². The van der Waals surface area contributed by atoms with Gasteiger partial charge in [-0.3, -0.25) is 0 Å². The molecule has 0 saturated carbocycles. The quantitative estimate of drug-likeness (QED) is 0.683. The Morgan fingerprint density at radius 2 is 2.15 bits per heavy atom. The van der Waals surface area contributed by atoms with Crippen LogP contribution in [0, 0.1) is 11.7 Å². The molecule has 1 rings (SSSR count). The number of anilines is 1. The lowest BCUT2D eigenvalue weighted by Gasteiger charge is -2.14. The lowest BCUT2D eigenvalue weighted by molar-refractivity contribution is 0.0409. The Labute approximate surface area is 125 Å². The molecule has 0 saturated heterocycles. The van der Waals surface area contributed by atoms with Gasteiger partial charge in [-0.25, -0.2) is 4.39 Å². The highest BCUT2D eigenvalue weighted by atomic mass is 35.5. The SMILES string of the molecule is CC(C)CCCOCC(O)CNc1cccc(Cl)c1F. The summed E-state index contributed by atoms with van der Waals surface area (Å²) in [6, 6.07) is 4.72. The number of hydrogen-bond donors (Lipinski definition) is 2. The maximum Gasteiger partial charge on any atom is 0.164 e. The summed E-state index contributed by atoms with van der Waals surface area (Å²) in [6.07, 6.45) is 1.43. The van der Waals surface area contributed by atoms with Crippen molar-refractivity contribution < 1.29 is 14.2 Å². The summed E-state index contributed by atoms with van der Waals surface area (Å²) in [6.45, 7) is 5.44. The fourth-order valence-electron chi connectivity index (χ4n) is 1.74. The number of benzene rings is 1. The van der Waals surface area contributed by atoms with Crippen LogP contribution in [-0.2, 0) is 4.74 Å². The van der Waals surface area contributed by atoms with Gasteiger partial charge in [0, 0.05) is 13.2 Å². The zero-order valence-electron chi connectivity index (χ0n) is 12.0. The third kappa shape index (κ3) is 6.55. The Hall–Kier alpha value is -0.840. The van der Waals surface area contributed by atoms with Gasteiger partial charge < -0.3 is 15.2 Å². The van der Waals surface area contributed by atoms with E-state index < -0.39 is 11.9 Å². The van der Waals surface area contributed by atoms with Crippen LogP contribution in [0.25, 0.3) is 0 Å². The Morgan fingerprint density at radius 1 is 1.40 bits per heavy atom. The van der Waals surface area contributed by atoms with Gasteiger partial charge in [-0.2, -0.15) is 0 Å². The highest BCUT2D eigenvalue weighted by Crippen LogP contribution is 2.21. The number of hydrogen-bond acceptors (Lipinski definition) is 3. The minimum atomic E-state index is -0.674. The van der Waals surface area contributed by atoms with E-state index in [1.165, 1.54) is 6.07 Å². The van der Waals surface area contributed by atoms with Crippen molar-refractivity contribution in [3.63, 3.8) is 0 Å². The molecular formula is C15H23ClFNO2. The molecule has 0 spiro atoms. The molecule has 1 unspecified atom stereocenters. The number of halogens is 2. The lowest BCUT2D eigenvalue weighted by Crippen LogP contribution is -2.25. The number of rotatable bonds is 9. The average Bonchev–Trinajstić information content (AvgIpc) is 2.39. The Morgan fingerprint density at radius 3 is 2.85 bits per heavy atom. The number of aliphatic hydroxyl groups is 1. The van der Waals surface area contributed by atoms with Crippen LogP contribution in [0.5, 0.6) is 0 Å². The number of aliphatic hydroxyl groups excluding tert-OH is 1. The van der Waals surface area contributed by atoms with Gasteiger partial charge in [-0.05, 0) is 30.9 Å². The van der Waals surface area contributed by atoms with Gasteiger partial charge in [-0.15, -0.1) is 0 Å². The summed E-state index contributed by atoms with van der Waals surface area (Å²) in [5, 5.41) is 12.6. The van der Waals surface area contributed by atoms with Crippen LogP contribution in [0.3, 0.4) is 0 Å². The van der Waals surface area contributed by atoms with E-state index in [1.807, 2.05) is 0 Å². The fraction of sp³-hybridized carbons (Fsp3) is 0.600. The molecule has 0 aliphatic rings. The van der Waals surface area contributed by atoms with E-state index >= 15 is 0 Å². The van der Waals surface area contributed by atoms with Crippen molar-refractivity contribution in [2.45, 2.75) is 32.8 Å². The van der Waals surface area contributed by atoms with Gasteiger partial charge in [0.1, 0.15) is 0 Å². The third-order valence-electron chi connectivity index (χ3n) is 2.86. The fourth-order valence-corrected chi connectivity index (χ4v) is 1.91. The van der Waals surface area contributed by atoms with Gasteiger partial charge in [-0.1, -0.05) is 31.5 Å². The molecule has 0 bridgehead atoms. The van der Waals surface area contributed by atoms with Crippen molar-refractivity contribution in [1.29, 1.82) is 0 Å². The molecule has 2 N–H and O–H groups in total. The van der Waals surface area contributed by atoms with Gasteiger partial charge >= 0.3 is 0 Å². The molecule has 114 valence electrons. The molecule has 1 atom stereocenters. The molecule has 0 radical (unpaired) electrons. The van der Waals surface area contributed by atoms with Crippen LogP contribution in [0.2, 0.25) is 5.02 Å². The summed E-state index contributed by atoms with van der Waals surface area (Å²) in [7, 11) is 0. The predicted octanol–water partition coefficient (Wildman–Crippen LogP) is 3.70. The van der Waals surface area contributed by atoms with E-state index in [0.717, 1.165) is 12.8 Å². The predicted molar refractivity (Wildman–Crippen MR) is 80.8 cm³/mol. The zero-order valence-corrected chi connectivity index (χ0v) is 12.8. The van der Waals surface area contributed by atoms with Crippen LogP contribution in [0.1, 0.15) is 26.7 Å². The molecule has 0 fully saturated rings. The topological polar surface area (TPSA) is 41.5 Å². The molecule has 0 heterocycles. The molecule has 20 heavy (non-hydrogen) atoms. The Balaban J connectivity index is 2.19. The first-order chi connectivity index (χ1) is 9.50. The van der Waals surface area contributed by atoms with Crippen molar-refractivity contribution in [1.82, 2.24) is 0 Å². The molecule has 1 aromatic rings. The summed E-state index contributed by atoms with van der Waals surface area (Å²) in [4.78, 5) is 0. The van der Waals surface area contributed by atoms with Crippen molar-refractivity contribution in [2.75, 3.05) is 25.1 Å². The average molecular weight is 304 g/mol. The first-order valence-electron chi connectivity index (χ1n) is 6.94. The van der Waals surface area contributed by atoms with Crippen molar-refractivity contribution in [2.24, 2.45) is 5.92 Å². The van der Waals surface area contributed by atoms with Gasteiger partial charge in [0.2, 0.25) is 0 Å². The van der Waals surface area contributed by atoms with E-state index in [9.17, 15) is 9.50 Å². The van der Waals surface area contributed by atoms with Crippen LogP contribution >= 0.6 is 11.6 Å².